The molecule has 1 aromatic heterocycles. The van der Waals surface area contributed by atoms with Gasteiger partial charge in [0.2, 0.25) is 0 Å². The maximum absolute atomic E-state index is 6.42. The van der Waals surface area contributed by atoms with E-state index in [-0.39, 0.29) is 0 Å². The highest BCUT2D eigenvalue weighted by molar-refractivity contribution is 6.36. The molecule has 3 rings (SSSR count). The van der Waals surface area contributed by atoms with E-state index in [0.717, 1.165) is 34.7 Å². The first-order chi connectivity index (χ1) is 9.24. The molecule has 2 aromatic rings. The summed E-state index contributed by atoms with van der Waals surface area (Å²) in [4.78, 5) is 5.79. The molecule has 19 heavy (non-hydrogen) atoms. The van der Waals surface area contributed by atoms with Gasteiger partial charge in [-0.3, -0.25) is 0 Å². The van der Waals surface area contributed by atoms with Crippen LogP contribution in [-0.4, -0.2) is 36.1 Å². The molecule has 102 valence electrons. The Morgan fingerprint density at radius 1 is 1.42 bits per heavy atom. The summed E-state index contributed by atoms with van der Waals surface area (Å²) in [5.74, 6) is 0. The lowest BCUT2D eigenvalue weighted by Gasteiger charge is -2.30. The minimum Gasteiger partial charge on any atom is -0.356 e. The lowest BCUT2D eigenvalue weighted by Crippen LogP contribution is -2.43. The number of hydrogen-bond acceptors (Lipinski definition) is 2. The van der Waals surface area contributed by atoms with Crippen molar-refractivity contribution in [3.05, 3.63) is 35.0 Å². The predicted molar refractivity (Wildman–Crippen MR) is 80.7 cm³/mol. The van der Waals surface area contributed by atoms with Crippen molar-refractivity contribution < 1.29 is 0 Å². The van der Waals surface area contributed by atoms with E-state index < -0.39 is 0 Å². The number of likely N-dealkylation sites (N-methyl/N-ethyl adjacent to an activating group) is 1. The Balaban J connectivity index is 1.69. The topological polar surface area (TPSA) is 31.1 Å². The van der Waals surface area contributed by atoms with Crippen LogP contribution in [0.4, 0.5) is 0 Å². The lowest BCUT2D eigenvalue weighted by molar-refractivity contribution is 0.226. The van der Waals surface area contributed by atoms with Crippen molar-refractivity contribution in [3.8, 4) is 0 Å². The van der Waals surface area contributed by atoms with Crippen molar-refractivity contribution in [2.75, 3.05) is 20.1 Å². The molecule has 1 aliphatic rings. The Hall–Kier alpha value is -1.03. The average Bonchev–Trinajstić information content (AvgIpc) is 2.74. The molecule has 0 spiro atoms. The van der Waals surface area contributed by atoms with Crippen molar-refractivity contribution in [1.29, 1.82) is 0 Å². The molecule has 4 heteroatoms. The monoisotopic (exact) mass is 277 g/mol. The predicted octanol–water partition coefficient (Wildman–Crippen LogP) is 3.01. The highest BCUT2D eigenvalue weighted by Gasteiger charge is 2.17. The summed E-state index contributed by atoms with van der Waals surface area (Å²) in [6, 6.07) is 8.75. The summed E-state index contributed by atoms with van der Waals surface area (Å²) < 4.78 is 0. The SMILES string of the molecule is CN1CCCC(NCc2[nH]c3ccccc3c2Cl)C1. The summed E-state index contributed by atoms with van der Waals surface area (Å²) in [6.07, 6.45) is 2.52. The van der Waals surface area contributed by atoms with E-state index in [2.05, 4.69) is 34.4 Å². The van der Waals surface area contributed by atoms with Crippen LogP contribution in [0.5, 0.6) is 0 Å². The number of H-pyrrole nitrogens is 1. The Morgan fingerprint density at radius 3 is 3.05 bits per heavy atom. The van der Waals surface area contributed by atoms with Gasteiger partial charge in [-0.15, -0.1) is 0 Å². The van der Waals surface area contributed by atoms with Crippen LogP contribution in [-0.2, 0) is 6.54 Å². The third kappa shape index (κ3) is 2.78. The molecule has 0 radical (unpaired) electrons. The average molecular weight is 278 g/mol. The molecule has 1 unspecified atom stereocenters. The van der Waals surface area contributed by atoms with Gasteiger partial charge < -0.3 is 15.2 Å². The van der Waals surface area contributed by atoms with E-state index in [0.29, 0.717) is 6.04 Å². The number of fused-ring (bicyclic) bond motifs is 1. The van der Waals surface area contributed by atoms with Gasteiger partial charge in [-0.05, 0) is 32.5 Å². The van der Waals surface area contributed by atoms with Crippen LogP contribution in [0.2, 0.25) is 5.02 Å². The van der Waals surface area contributed by atoms with Gasteiger partial charge in [0.25, 0.3) is 0 Å². The standard InChI is InChI=1S/C15H20ClN3/c1-19-8-4-5-11(10-19)17-9-14-15(16)12-6-2-3-7-13(12)18-14/h2-3,6-7,11,17-18H,4-5,8-10H2,1H3. The second kappa shape index (κ2) is 5.53. The normalized spacial score (nSPS) is 21.1. The van der Waals surface area contributed by atoms with E-state index >= 15 is 0 Å². The van der Waals surface area contributed by atoms with Gasteiger partial charge in [-0.2, -0.15) is 0 Å². The van der Waals surface area contributed by atoms with E-state index in [4.69, 9.17) is 11.6 Å². The highest BCUT2D eigenvalue weighted by Crippen LogP contribution is 2.27. The second-order valence-electron chi connectivity index (χ2n) is 5.45. The third-order valence-electron chi connectivity index (χ3n) is 3.91. The zero-order valence-corrected chi connectivity index (χ0v) is 12.0. The van der Waals surface area contributed by atoms with Crippen molar-refractivity contribution in [1.82, 2.24) is 15.2 Å². The number of piperidine rings is 1. The zero-order chi connectivity index (χ0) is 13.2. The quantitative estimate of drug-likeness (QED) is 0.904. The first-order valence-electron chi connectivity index (χ1n) is 6.91. The molecular formula is C15H20ClN3. The molecular weight excluding hydrogens is 258 g/mol. The van der Waals surface area contributed by atoms with E-state index in [1.807, 2.05) is 12.1 Å². The number of halogens is 1. The molecule has 0 bridgehead atoms. The molecule has 1 atom stereocenters. The van der Waals surface area contributed by atoms with E-state index in [1.165, 1.54) is 19.4 Å². The fourth-order valence-corrected chi connectivity index (χ4v) is 3.14. The number of aromatic nitrogens is 1. The van der Waals surface area contributed by atoms with Crippen molar-refractivity contribution >= 4 is 22.5 Å². The Labute approximate surface area is 118 Å². The van der Waals surface area contributed by atoms with Crippen LogP contribution >= 0.6 is 11.6 Å². The van der Waals surface area contributed by atoms with Crippen molar-refractivity contribution in [3.63, 3.8) is 0 Å². The van der Waals surface area contributed by atoms with E-state index in [9.17, 15) is 0 Å². The molecule has 1 fully saturated rings. The smallest absolute Gasteiger partial charge is 0.0705 e. The van der Waals surface area contributed by atoms with Crippen LogP contribution in [0.3, 0.4) is 0 Å². The lowest BCUT2D eigenvalue weighted by atomic mass is 10.1. The molecule has 1 saturated heterocycles. The summed E-state index contributed by atoms with van der Waals surface area (Å²) in [5.41, 5.74) is 2.21. The van der Waals surface area contributed by atoms with Gasteiger partial charge >= 0.3 is 0 Å². The molecule has 0 saturated carbocycles. The largest absolute Gasteiger partial charge is 0.356 e. The number of aromatic amines is 1. The molecule has 1 aliphatic heterocycles. The van der Waals surface area contributed by atoms with Crippen LogP contribution in [0.25, 0.3) is 10.9 Å². The van der Waals surface area contributed by atoms with Crippen LogP contribution in [0.15, 0.2) is 24.3 Å². The van der Waals surface area contributed by atoms with Gasteiger partial charge in [0, 0.05) is 35.7 Å². The summed E-state index contributed by atoms with van der Waals surface area (Å²) >= 11 is 6.42. The van der Waals surface area contributed by atoms with Crippen LogP contribution < -0.4 is 5.32 Å². The highest BCUT2D eigenvalue weighted by atomic mass is 35.5. The molecule has 0 aliphatic carbocycles. The van der Waals surface area contributed by atoms with Crippen LogP contribution in [0, 0.1) is 0 Å². The molecule has 3 nitrogen and oxygen atoms in total. The third-order valence-corrected chi connectivity index (χ3v) is 4.34. The van der Waals surface area contributed by atoms with Gasteiger partial charge in [0.1, 0.15) is 0 Å². The van der Waals surface area contributed by atoms with Crippen molar-refractivity contribution in [2.45, 2.75) is 25.4 Å². The molecule has 0 amide bonds. The Kier molecular flexibility index (Phi) is 3.78. The summed E-state index contributed by atoms with van der Waals surface area (Å²) in [7, 11) is 2.18. The van der Waals surface area contributed by atoms with Gasteiger partial charge in [-0.25, -0.2) is 0 Å². The minimum atomic E-state index is 0.571. The van der Waals surface area contributed by atoms with Crippen molar-refractivity contribution in [2.24, 2.45) is 0 Å². The Bertz CT molecular complexity index is 564. The van der Waals surface area contributed by atoms with Gasteiger partial charge in [0.05, 0.1) is 5.02 Å². The number of benzene rings is 1. The number of nitrogens with one attached hydrogen (secondary N) is 2. The Morgan fingerprint density at radius 2 is 2.26 bits per heavy atom. The first kappa shape index (κ1) is 13.0. The van der Waals surface area contributed by atoms with Gasteiger partial charge in [-0.1, -0.05) is 29.8 Å². The van der Waals surface area contributed by atoms with E-state index in [1.54, 1.807) is 0 Å². The maximum atomic E-state index is 6.42. The van der Waals surface area contributed by atoms with Crippen LogP contribution in [0.1, 0.15) is 18.5 Å². The first-order valence-corrected chi connectivity index (χ1v) is 7.29. The maximum Gasteiger partial charge on any atom is 0.0705 e. The number of nitrogens with zero attached hydrogens (tertiary/aromatic N) is 1. The second-order valence-corrected chi connectivity index (χ2v) is 5.82. The fourth-order valence-electron chi connectivity index (χ4n) is 2.86. The number of likely N-dealkylation sites (tertiary alicyclic amines) is 1. The molecule has 1 aromatic carbocycles. The zero-order valence-electron chi connectivity index (χ0n) is 11.2. The summed E-state index contributed by atoms with van der Waals surface area (Å²) in [6.45, 7) is 3.15. The molecule has 2 N–H and O–H groups in total. The number of para-hydroxylation sites is 1. The fraction of sp³-hybridized carbons (Fsp3) is 0.467. The molecule has 2 heterocycles. The van der Waals surface area contributed by atoms with Gasteiger partial charge in [0.15, 0.2) is 0 Å². The minimum absolute atomic E-state index is 0.571. The number of hydrogen-bond donors (Lipinski definition) is 2. The summed E-state index contributed by atoms with van der Waals surface area (Å²) in [5, 5.41) is 5.58. The number of rotatable bonds is 3.